The monoisotopic (exact) mass is 193 g/mol. The maximum atomic E-state index is 5.39. The Labute approximate surface area is 82.6 Å². The molecule has 0 heterocycles. The fraction of sp³-hybridized carbons (Fsp3) is 0. The molecule has 0 fully saturated rings. The lowest BCUT2D eigenvalue weighted by molar-refractivity contribution is 1.45. The largest absolute Gasteiger partial charge is 0.403 e. The minimum atomic E-state index is 0.195. The van der Waals surface area contributed by atoms with Gasteiger partial charge in [0.05, 0.1) is 5.70 Å². The van der Waals surface area contributed by atoms with Gasteiger partial charge in [0.25, 0.3) is 0 Å². The lowest BCUT2D eigenvalue weighted by Crippen LogP contribution is -2.02. The fourth-order valence-corrected chi connectivity index (χ4v) is 1.04. The van der Waals surface area contributed by atoms with Crippen LogP contribution >= 0.6 is 12.6 Å². The van der Waals surface area contributed by atoms with Gasteiger partial charge in [-0.15, -0.1) is 12.6 Å². The molecule has 0 aliphatic heterocycles. The zero-order chi connectivity index (χ0) is 9.68. The van der Waals surface area contributed by atoms with Crippen LogP contribution in [0, 0.1) is 0 Å². The highest BCUT2D eigenvalue weighted by Crippen LogP contribution is 2.13. The molecule has 0 aliphatic rings. The highest BCUT2D eigenvalue weighted by Gasteiger charge is 1.97. The molecule has 0 aliphatic carbocycles. The summed E-state index contributed by atoms with van der Waals surface area (Å²) < 4.78 is 0. The maximum Gasteiger partial charge on any atom is 0.156 e. The Morgan fingerprint density at radius 2 is 1.92 bits per heavy atom. The first-order valence-electron chi connectivity index (χ1n) is 3.74. The molecule has 1 aromatic carbocycles. The Balaban J connectivity index is 3.00. The van der Waals surface area contributed by atoms with Crippen molar-refractivity contribution < 1.29 is 0 Å². The number of nitrogens with two attached hydrogens (primary N) is 2. The number of thiol groups is 1. The topological polar surface area (TPSA) is 64.4 Å². The zero-order valence-corrected chi connectivity index (χ0v) is 7.91. The second kappa shape index (κ2) is 4.57. The number of aliphatic imine (C=N–C) groups is 1. The highest BCUT2D eigenvalue weighted by atomic mass is 32.1. The quantitative estimate of drug-likeness (QED) is 0.375. The van der Waals surface area contributed by atoms with Gasteiger partial charge in [0.1, 0.15) is 0 Å². The third-order valence-corrected chi connectivity index (χ3v) is 1.56. The molecule has 0 aromatic heterocycles. The minimum Gasteiger partial charge on any atom is -0.403 e. The second-order valence-electron chi connectivity index (χ2n) is 2.39. The average Bonchev–Trinajstić information content (AvgIpc) is 2.15. The smallest absolute Gasteiger partial charge is 0.156 e. The van der Waals surface area contributed by atoms with E-state index in [2.05, 4.69) is 17.6 Å². The Kier molecular flexibility index (Phi) is 3.40. The molecule has 3 nitrogen and oxygen atoms in total. The van der Waals surface area contributed by atoms with Crippen LogP contribution in [0.5, 0.6) is 0 Å². The van der Waals surface area contributed by atoms with Crippen molar-refractivity contribution in [3.05, 3.63) is 42.1 Å². The molecular formula is C9H11N3S. The van der Waals surface area contributed by atoms with E-state index in [9.17, 15) is 0 Å². The van der Waals surface area contributed by atoms with Gasteiger partial charge in [0.15, 0.2) is 5.17 Å². The van der Waals surface area contributed by atoms with Crippen LogP contribution < -0.4 is 11.5 Å². The highest BCUT2D eigenvalue weighted by molar-refractivity contribution is 7.96. The van der Waals surface area contributed by atoms with Crippen molar-refractivity contribution in [2.45, 2.75) is 0 Å². The standard InChI is InChI=1S/C9H11N3S/c10-6-8(12-9(11)13)7-4-2-1-3-5-7/h1-6H,10H2,(H3,11,12,13)/b8-6-. The predicted molar refractivity (Wildman–Crippen MR) is 59.2 cm³/mol. The SMILES string of the molecule is N/C=C(\N=C(/N)S)c1ccccc1. The van der Waals surface area contributed by atoms with Crippen molar-refractivity contribution in [2.75, 3.05) is 0 Å². The molecule has 0 saturated heterocycles. The Morgan fingerprint density at radius 3 is 2.38 bits per heavy atom. The van der Waals surface area contributed by atoms with Gasteiger partial charge < -0.3 is 11.5 Å². The minimum absolute atomic E-state index is 0.195. The molecule has 0 unspecified atom stereocenters. The van der Waals surface area contributed by atoms with Crippen LogP contribution in [0.15, 0.2) is 41.5 Å². The molecule has 1 aromatic rings. The number of rotatable bonds is 2. The van der Waals surface area contributed by atoms with Crippen LogP contribution in [0.4, 0.5) is 0 Å². The molecule has 0 saturated carbocycles. The van der Waals surface area contributed by atoms with E-state index >= 15 is 0 Å². The van der Waals surface area contributed by atoms with Crippen LogP contribution in [0.3, 0.4) is 0 Å². The van der Waals surface area contributed by atoms with E-state index in [4.69, 9.17) is 11.5 Å². The molecule has 4 N–H and O–H groups in total. The first-order valence-corrected chi connectivity index (χ1v) is 4.19. The number of hydrogen-bond acceptors (Lipinski definition) is 2. The van der Waals surface area contributed by atoms with Gasteiger partial charge in [0, 0.05) is 11.8 Å². The van der Waals surface area contributed by atoms with E-state index < -0.39 is 0 Å². The molecular weight excluding hydrogens is 182 g/mol. The van der Waals surface area contributed by atoms with E-state index in [1.165, 1.54) is 6.20 Å². The molecule has 0 amide bonds. The van der Waals surface area contributed by atoms with Crippen LogP contribution in [-0.2, 0) is 0 Å². The third-order valence-electron chi connectivity index (χ3n) is 1.46. The fourth-order valence-electron chi connectivity index (χ4n) is 0.930. The van der Waals surface area contributed by atoms with Crippen molar-refractivity contribution in [1.29, 1.82) is 0 Å². The molecule has 0 atom stereocenters. The van der Waals surface area contributed by atoms with E-state index in [0.29, 0.717) is 5.70 Å². The Morgan fingerprint density at radius 1 is 1.31 bits per heavy atom. The summed E-state index contributed by atoms with van der Waals surface area (Å²) in [7, 11) is 0. The van der Waals surface area contributed by atoms with Gasteiger partial charge in [-0.3, -0.25) is 0 Å². The van der Waals surface area contributed by atoms with Crippen LogP contribution in [0.1, 0.15) is 5.56 Å². The number of nitrogens with zero attached hydrogens (tertiary/aromatic N) is 1. The molecule has 13 heavy (non-hydrogen) atoms. The van der Waals surface area contributed by atoms with Gasteiger partial charge in [-0.25, -0.2) is 4.99 Å². The molecule has 4 heteroatoms. The molecule has 0 radical (unpaired) electrons. The summed E-state index contributed by atoms with van der Waals surface area (Å²) in [4.78, 5) is 3.96. The summed E-state index contributed by atoms with van der Waals surface area (Å²) in [6, 6.07) is 9.54. The maximum absolute atomic E-state index is 5.39. The van der Waals surface area contributed by atoms with Crippen molar-refractivity contribution in [3.8, 4) is 0 Å². The Bertz CT molecular complexity index is 326. The third kappa shape index (κ3) is 2.83. The normalized spacial score (nSPS) is 13.0. The van der Waals surface area contributed by atoms with Crippen molar-refractivity contribution in [3.63, 3.8) is 0 Å². The summed E-state index contributed by atoms with van der Waals surface area (Å²) in [5.74, 6) is 0. The van der Waals surface area contributed by atoms with Crippen molar-refractivity contribution in [2.24, 2.45) is 16.5 Å². The zero-order valence-electron chi connectivity index (χ0n) is 7.01. The van der Waals surface area contributed by atoms with Crippen LogP contribution in [0.25, 0.3) is 5.70 Å². The summed E-state index contributed by atoms with van der Waals surface area (Å²) in [5.41, 5.74) is 12.3. The lowest BCUT2D eigenvalue weighted by Gasteiger charge is -2.00. The van der Waals surface area contributed by atoms with Gasteiger partial charge >= 0.3 is 0 Å². The van der Waals surface area contributed by atoms with Gasteiger partial charge in [-0.2, -0.15) is 0 Å². The molecule has 0 bridgehead atoms. The number of hydrogen-bond donors (Lipinski definition) is 3. The van der Waals surface area contributed by atoms with Crippen LogP contribution in [0.2, 0.25) is 0 Å². The number of benzene rings is 1. The second-order valence-corrected chi connectivity index (χ2v) is 2.85. The summed E-state index contributed by atoms with van der Waals surface area (Å²) >= 11 is 3.87. The van der Waals surface area contributed by atoms with Crippen LogP contribution in [-0.4, -0.2) is 5.17 Å². The van der Waals surface area contributed by atoms with E-state index in [-0.39, 0.29) is 5.17 Å². The van der Waals surface area contributed by atoms with Crippen molar-refractivity contribution >= 4 is 23.5 Å². The summed E-state index contributed by atoms with van der Waals surface area (Å²) in [6.45, 7) is 0. The summed E-state index contributed by atoms with van der Waals surface area (Å²) in [5, 5.41) is 0.195. The van der Waals surface area contributed by atoms with E-state index in [1.54, 1.807) is 0 Å². The lowest BCUT2D eigenvalue weighted by atomic mass is 10.2. The average molecular weight is 193 g/mol. The van der Waals surface area contributed by atoms with Gasteiger partial charge in [-0.05, 0) is 0 Å². The van der Waals surface area contributed by atoms with Gasteiger partial charge in [0.2, 0.25) is 0 Å². The van der Waals surface area contributed by atoms with Crippen molar-refractivity contribution in [1.82, 2.24) is 0 Å². The first-order chi connectivity index (χ1) is 6.24. The predicted octanol–water partition coefficient (Wildman–Crippen LogP) is 1.19. The number of amidine groups is 1. The van der Waals surface area contributed by atoms with E-state index in [1.807, 2.05) is 30.3 Å². The first kappa shape index (κ1) is 9.67. The summed E-state index contributed by atoms with van der Waals surface area (Å²) in [6.07, 6.45) is 1.40. The molecule has 1 rings (SSSR count). The molecule has 68 valence electrons. The van der Waals surface area contributed by atoms with Gasteiger partial charge in [-0.1, -0.05) is 30.3 Å². The molecule has 0 spiro atoms. The Hall–Kier alpha value is -1.42. The van der Waals surface area contributed by atoms with E-state index in [0.717, 1.165) is 5.56 Å².